The van der Waals surface area contributed by atoms with E-state index >= 15 is 0 Å². The zero-order chi connectivity index (χ0) is 20.0. The molecule has 3 heterocycles. The van der Waals surface area contributed by atoms with Crippen LogP contribution in [0, 0.1) is 6.92 Å². The number of nitrogens with zero attached hydrogens (tertiary/aromatic N) is 3. The minimum absolute atomic E-state index is 0.0516. The summed E-state index contributed by atoms with van der Waals surface area (Å²) in [7, 11) is 0. The second-order valence-corrected chi connectivity index (χ2v) is 7.31. The van der Waals surface area contributed by atoms with Crippen molar-refractivity contribution >= 4 is 22.5 Å². The smallest absolute Gasteiger partial charge is 0.339 e. The molecular formula is C23H19N3O3. The molecule has 3 aromatic heterocycles. The third-order valence-electron chi connectivity index (χ3n) is 5.41. The number of hydrogen-bond acceptors (Lipinski definition) is 5. The maximum atomic E-state index is 13.0. The zero-order valence-corrected chi connectivity index (χ0v) is 16.0. The Morgan fingerprint density at radius 3 is 2.86 bits per heavy atom. The van der Waals surface area contributed by atoms with Crippen LogP contribution in [0.3, 0.4) is 0 Å². The predicted molar refractivity (Wildman–Crippen MR) is 109 cm³/mol. The second kappa shape index (κ2) is 6.81. The number of benzene rings is 1. The van der Waals surface area contributed by atoms with E-state index in [1.807, 2.05) is 43.3 Å². The Morgan fingerprint density at radius 2 is 1.97 bits per heavy atom. The summed E-state index contributed by atoms with van der Waals surface area (Å²) < 4.78 is 7.14. The lowest BCUT2D eigenvalue weighted by molar-refractivity contribution is 0.0469. The third-order valence-corrected chi connectivity index (χ3v) is 5.41. The van der Waals surface area contributed by atoms with Gasteiger partial charge in [-0.05, 0) is 49.9 Å². The first-order valence-corrected chi connectivity index (χ1v) is 9.68. The molecule has 0 N–H and O–H groups in total. The standard InChI is InChI=1S/C23H19N3O3/c1-14-6-4-11-20-24-15(12-21(27)26(14)20)13-29-23(28)22-16-7-2-3-9-18(16)25-19-10-5-8-17(19)22/h2-4,6-7,9,11-12H,5,8,10,13H2,1H3. The van der Waals surface area contributed by atoms with Gasteiger partial charge in [0.15, 0.2) is 0 Å². The van der Waals surface area contributed by atoms with Crippen LogP contribution in [-0.2, 0) is 24.2 Å². The molecule has 0 radical (unpaired) electrons. The summed E-state index contributed by atoms with van der Waals surface area (Å²) in [6, 6.07) is 14.5. The molecule has 0 spiro atoms. The van der Waals surface area contributed by atoms with Crippen LogP contribution in [0.4, 0.5) is 0 Å². The lowest BCUT2D eigenvalue weighted by Crippen LogP contribution is -2.18. The van der Waals surface area contributed by atoms with E-state index in [1.165, 1.54) is 10.5 Å². The number of esters is 1. The largest absolute Gasteiger partial charge is 0.456 e. The van der Waals surface area contributed by atoms with Gasteiger partial charge in [-0.3, -0.25) is 14.2 Å². The number of rotatable bonds is 3. The molecule has 0 amide bonds. The third kappa shape index (κ3) is 2.97. The average molecular weight is 385 g/mol. The minimum atomic E-state index is -0.395. The molecule has 0 saturated heterocycles. The van der Waals surface area contributed by atoms with Gasteiger partial charge in [-0.1, -0.05) is 24.3 Å². The summed E-state index contributed by atoms with van der Waals surface area (Å²) >= 11 is 0. The highest BCUT2D eigenvalue weighted by Crippen LogP contribution is 2.30. The molecule has 144 valence electrons. The Hall–Kier alpha value is -3.54. The van der Waals surface area contributed by atoms with Crippen molar-refractivity contribution in [1.29, 1.82) is 0 Å². The molecule has 0 atom stereocenters. The highest BCUT2D eigenvalue weighted by molar-refractivity contribution is 6.05. The van der Waals surface area contributed by atoms with E-state index in [2.05, 4.69) is 4.98 Å². The number of carbonyl (C=O) groups excluding carboxylic acids is 1. The van der Waals surface area contributed by atoms with Gasteiger partial charge >= 0.3 is 5.97 Å². The summed E-state index contributed by atoms with van der Waals surface area (Å²) in [4.78, 5) is 34.6. The van der Waals surface area contributed by atoms with E-state index in [-0.39, 0.29) is 12.2 Å². The van der Waals surface area contributed by atoms with Crippen molar-refractivity contribution in [2.24, 2.45) is 0 Å². The van der Waals surface area contributed by atoms with Gasteiger partial charge in [0.05, 0.1) is 16.8 Å². The highest BCUT2D eigenvalue weighted by Gasteiger charge is 2.24. The van der Waals surface area contributed by atoms with Gasteiger partial charge in [0.2, 0.25) is 0 Å². The number of para-hydroxylation sites is 1. The molecular weight excluding hydrogens is 366 g/mol. The molecule has 0 fully saturated rings. The van der Waals surface area contributed by atoms with Crippen molar-refractivity contribution in [2.45, 2.75) is 32.8 Å². The molecule has 0 aliphatic heterocycles. The van der Waals surface area contributed by atoms with Gasteiger partial charge in [-0.25, -0.2) is 9.78 Å². The number of carbonyl (C=O) groups is 1. The molecule has 1 aliphatic carbocycles. The lowest BCUT2D eigenvalue weighted by atomic mass is 10.0. The molecule has 29 heavy (non-hydrogen) atoms. The van der Waals surface area contributed by atoms with Crippen LogP contribution >= 0.6 is 0 Å². The Morgan fingerprint density at radius 1 is 1.10 bits per heavy atom. The molecule has 1 aromatic carbocycles. The predicted octanol–water partition coefficient (Wildman–Crippen LogP) is 3.40. The Kier molecular flexibility index (Phi) is 4.12. The molecule has 5 rings (SSSR count). The van der Waals surface area contributed by atoms with Crippen LogP contribution in [0.25, 0.3) is 16.6 Å². The zero-order valence-electron chi connectivity index (χ0n) is 16.0. The molecule has 0 bridgehead atoms. The molecule has 4 aromatic rings. The van der Waals surface area contributed by atoms with Crippen LogP contribution < -0.4 is 5.56 Å². The van der Waals surface area contributed by atoms with Crippen LogP contribution in [0.2, 0.25) is 0 Å². The van der Waals surface area contributed by atoms with Gasteiger partial charge in [0.1, 0.15) is 12.3 Å². The van der Waals surface area contributed by atoms with E-state index < -0.39 is 5.97 Å². The first-order chi connectivity index (χ1) is 14.1. The van der Waals surface area contributed by atoms with Crippen molar-refractivity contribution in [3.8, 4) is 0 Å². The molecule has 6 nitrogen and oxygen atoms in total. The van der Waals surface area contributed by atoms with Crippen molar-refractivity contribution in [2.75, 3.05) is 0 Å². The number of aryl methyl sites for hydroxylation is 2. The fourth-order valence-corrected chi connectivity index (χ4v) is 4.09. The Bertz CT molecular complexity index is 1340. The highest BCUT2D eigenvalue weighted by atomic mass is 16.5. The number of ether oxygens (including phenoxy) is 1. The van der Waals surface area contributed by atoms with E-state index in [1.54, 1.807) is 6.07 Å². The Balaban J connectivity index is 1.49. The van der Waals surface area contributed by atoms with Gasteiger partial charge in [0, 0.05) is 22.8 Å². The maximum Gasteiger partial charge on any atom is 0.339 e. The molecule has 0 saturated carbocycles. The van der Waals surface area contributed by atoms with Crippen LogP contribution in [0.5, 0.6) is 0 Å². The maximum absolute atomic E-state index is 13.0. The Labute approximate surface area is 166 Å². The van der Waals surface area contributed by atoms with E-state index in [0.29, 0.717) is 16.9 Å². The fourth-order valence-electron chi connectivity index (χ4n) is 4.09. The summed E-state index contributed by atoms with van der Waals surface area (Å²) in [6.45, 7) is 1.80. The second-order valence-electron chi connectivity index (χ2n) is 7.31. The quantitative estimate of drug-likeness (QED) is 0.506. The number of aromatic nitrogens is 3. The molecule has 6 heteroatoms. The van der Waals surface area contributed by atoms with Gasteiger partial charge in [-0.2, -0.15) is 0 Å². The number of fused-ring (bicyclic) bond motifs is 3. The monoisotopic (exact) mass is 385 g/mol. The summed E-state index contributed by atoms with van der Waals surface area (Å²) in [6.07, 6.45) is 2.69. The summed E-state index contributed by atoms with van der Waals surface area (Å²) in [5.41, 5.74) is 4.96. The first-order valence-electron chi connectivity index (χ1n) is 9.68. The molecule has 0 unspecified atom stereocenters. The van der Waals surface area contributed by atoms with Crippen LogP contribution in [0.1, 0.15) is 39.4 Å². The van der Waals surface area contributed by atoms with Crippen molar-refractivity contribution in [3.63, 3.8) is 0 Å². The number of pyridine rings is 2. The van der Waals surface area contributed by atoms with Gasteiger partial charge in [0.25, 0.3) is 5.56 Å². The van der Waals surface area contributed by atoms with E-state index in [9.17, 15) is 9.59 Å². The van der Waals surface area contributed by atoms with Crippen molar-refractivity contribution in [3.05, 3.63) is 87.1 Å². The normalized spacial score (nSPS) is 13.0. The van der Waals surface area contributed by atoms with Gasteiger partial charge in [-0.15, -0.1) is 0 Å². The SMILES string of the molecule is Cc1cccc2nc(COC(=O)c3c4c(nc5ccccc35)CCC4)cc(=O)n12. The summed E-state index contributed by atoms with van der Waals surface area (Å²) in [5, 5.41) is 0.806. The average Bonchev–Trinajstić information content (AvgIpc) is 3.18. The van der Waals surface area contributed by atoms with E-state index in [4.69, 9.17) is 9.72 Å². The van der Waals surface area contributed by atoms with Crippen LogP contribution in [-0.4, -0.2) is 20.3 Å². The van der Waals surface area contributed by atoms with Crippen molar-refractivity contribution in [1.82, 2.24) is 14.4 Å². The van der Waals surface area contributed by atoms with Crippen molar-refractivity contribution < 1.29 is 9.53 Å². The topological polar surface area (TPSA) is 73.6 Å². The lowest BCUT2D eigenvalue weighted by Gasteiger charge is -2.12. The van der Waals surface area contributed by atoms with Crippen LogP contribution in [0.15, 0.2) is 53.3 Å². The molecule has 1 aliphatic rings. The summed E-state index contributed by atoms with van der Waals surface area (Å²) in [5.74, 6) is -0.395. The fraction of sp³-hybridized carbons (Fsp3) is 0.217. The van der Waals surface area contributed by atoms with E-state index in [0.717, 1.165) is 47.1 Å². The first kappa shape index (κ1) is 17.6. The number of hydrogen-bond donors (Lipinski definition) is 0. The van der Waals surface area contributed by atoms with Gasteiger partial charge < -0.3 is 4.74 Å². The minimum Gasteiger partial charge on any atom is -0.456 e.